The normalized spacial score (nSPS) is 10.5. The van der Waals surface area contributed by atoms with Gasteiger partial charge in [0.25, 0.3) is 0 Å². The standard InChI is InChI=1S/C21H25NO3/c1-15-7-9-17(21(13-15)25-3)10-12-20(24)19(23)6-4-5-18-11-8-16(2)14-22-18/h7-9,11,13-14H,4-6,10,12H2,1-3H3. The number of ketones is 2. The SMILES string of the molecule is COc1cc(C)ccc1CCC(=O)C(=O)CCCc1ccc(C)cn1. The first kappa shape index (κ1) is 18.8. The van der Waals surface area contributed by atoms with E-state index in [1.165, 1.54) is 0 Å². The first-order chi connectivity index (χ1) is 12.0. The molecule has 0 atom stereocenters. The van der Waals surface area contributed by atoms with Crippen molar-refractivity contribution >= 4 is 11.6 Å². The van der Waals surface area contributed by atoms with Gasteiger partial charge in [-0.15, -0.1) is 0 Å². The lowest BCUT2D eigenvalue weighted by molar-refractivity contribution is -0.136. The molecule has 2 rings (SSSR count). The molecule has 0 unspecified atom stereocenters. The smallest absolute Gasteiger partial charge is 0.198 e. The minimum absolute atomic E-state index is 0.223. The monoisotopic (exact) mass is 339 g/mol. The zero-order chi connectivity index (χ0) is 18.2. The van der Waals surface area contributed by atoms with Crippen LogP contribution in [0.15, 0.2) is 36.5 Å². The highest BCUT2D eigenvalue weighted by Crippen LogP contribution is 2.21. The summed E-state index contributed by atoms with van der Waals surface area (Å²) < 4.78 is 5.34. The molecule has 4 heteroatoms. The lowest BCUT2D eigenvalue weighted by atomic mass is 10.0. The van der Waals surface area contributed by atoms with E-state index in [-0.39, 0.29) is 24.4 Å². The fourth-order valence-electron chi connectivity index (χ4n) is 2.66. The van der Waals surface area contributed by atoms with E-state index in [1.807, 2.05) is 50.4 Å². The zero-order valence-corrected chi connectivity index (χ0v) is 15.2. The van der Waals surface area contributed by atoms with Crippen LogP contribution < -0.4 is 4.74 Å². The number of rotatable bonds is 9. The predicted octanol–water partition coefficient (Wildman–Crippen LogP) is 3.80. The summed E-state index contributed by atoms with van der Waals surface area (Å²) in [5.41, 5.74) is 4.13. The summed E-state index contributed by atoms with van der Waals surface area (Å²) in [6.07, 6.45) is 4.20. The highest BCUT2D eigenvalue weighted by Gasteiger charge is 2.14. The second-order valence-corrected chi connectivity index (χ2v) is 6.34. The minimum Gasteiger partial charge on any atom is -0.496 e. The van der Waals surface area contributed by atoms with E-state index < -0.39 is 0 Å². The number of benzene rings is 1. The highest BCUT2D eigenvalue weighted by atomic mass is 16.5. The molecule has 25 heavy (non-hydrogen) atoms. The molecule has 0 saturated carbocycles. The summed E-state index contributed by atoms with van der Waals surface area (Å²) in [6.45, 7) is 3.98. The molecule has 0 aliphatic rings. The largest absolute Gasteiger partial charge is 0.496 e. The number of nitrogens with zero attached hydrogens (tertiary/aromatic N) is 1. The van der Waals surface area contributed by atoms with E-state index in [1.54, 1.807) is 7.11 Å². The summed E-state index contributed by atoms with van der Waals surface area (Å²) in [7, 11) is 1.62. The van der Waals surface area contributed by atoms with Crippen LogP contribution in [0.25, 0.3) is 0 Å². The van der Waals surface area contributed by atoms with Crippen molar-refractivity contribution in [3.05, 3.63) is 58.9 Å². The maximum absolute atomic E-state index is 12.1. The van der Waals surface area contributed by atoms with Crippen LogP contribution in [-0.2, 0) is 22.4 Å². The van der Waals surface area contributed by atoms with Gasteiger partial charge in [-0.2, -0.15) is 0 Å². The fraction of sp³-hybridized carbons (Fsp3) is 0.381. The topological polar surface area (TPSA) is 56.3 Å². The van der Waals surface area contributed by atoms with Crippen molar-refractivity contribution < 1.29 is 14.3 Å². The van der Waals surface area contributed by atoms with Crippen molar-refractivity contribution in [3.63, 3.8) is 0 Å². The van der Waals surface area contributed by atoms with Gasteiger partial charge in [-0.25, -0.2) is 0 Å². The number of carbonyl (C=O) groups is 2. The Morgan fingerprint density at radius 2 is 1.68 bits per heavy atom. The first-order valence-electron chi connectivity index (χ1n) is 8.60. The number of hydrogen-bond donors (Lipinski definition) is 0. The molecule has 2 aromatic rings. The molecule has 0 spiro atoms. The maximum Gasteiger partial charge on any atom is 0.198 e. The average Bonchev–Trinajstić information content (AvgIpc) is 2.61. The molecule has 4 nitrogen and oxygen atoms in total. The van der Waals surface area contributed by atoms with Gasteiger partial charge in [0.05, 0.1) is 7.11 Å². The Labute approximate surface area is 149 Å². The lowest BCUT2D eigenvalue weighted by Gasteiger charge is -2.09. The van der Waals surface area contributed by atoms with Gasteiger partial charge in [0, 0.05) is 24.7 Å². The zero-order valence-electron chi connectivity index (χ0n) is 15.2. The van der Waals surface area contributed by atoms with Crippen molar-refractivity contribution in [1.82, 2.24) is 4.98 Å². The lowest BCUT2D eigenvalue weighted by Crippen LogP contribution is -2.15. The molecule has 0 bridgehead atoms. The Kier molecular flexibility index (Phi) is 6.87. The first-order valence-corrected chi connectivity index (χ1v) is 8.60. The Balaban J connectivity index is 1.78. The number of aryl methyl sites for hydroxylation is 4. The molecule has 0 aliphatic heterocycles. The molecule has 0 N–H and O–H groups in total. The van der Waals surface area contributed by atoms with Gasteiger partial charge in [0.1, 0.15) is 5.75 Å². The Morgan fingerprint density at radius 1 is 0.960 bits per heavy atom. The van der Waals surface area contributed by atoms with Crippen LogP contribution in [0.5, 0.6) is 5.75 Å². The van der Waals surface area contributed by atoms with Gasteiger partial charge in [0.2, 0.25) is 0 Å². The Morgan fingerprint density at radius 3 is 2.36 bits per heavy atom. The molecule has 0 amide bonds. The summed E-state index contributed by atoms with van der Waals surface area (Å²) in [5, 5.41) is 0. The van der Waals surface area contributed by atoms with E-state index in [0.29, 0.717) is 19.3 Å². The van der Waals surface area contributed by atoms with Crippen LogP contribution in [0.1, 0.15) is 41.6 Å². The third-order valence-corrected chi connectivity index (χ3v) is 4.18. The second kappa shape index (κ2) is 9.11. The van der Waals surface area contributed by atoms with Crippen molar-refractivity contribution in [2.75, 3.05) is 7.11 Å². The van der Waals surface area contributed by atoms with Gasteiger partial charge in [-0.1, -0.05) is 18.2 Å². The van der Waals surface area contributed by atoms with Crippen LogP contribution in [0.4, 0.5) is 0 Å². The summed E-state index contributed by atoms with van der Waals surface area (Å²) in [6, 6.07) is 9.85. The van der Waals surface area contributed by atoms with Crippen molar-refractivity contribution in [3.8, 4) is 5.75 Å². The fourth-order valence-corrected chi connectivity index (χ4v) is 2.66. The van der Waals surface area contributed by atoms with E-state index in [0.717, 1.165) is 28.1 Å². The predicted molar refractivity (Wildman–Crippen MR) is 98.0 cm³/mol. The van der Waals surface area contributed by atoms with Gasteiger partial charge in [-0.3, -0.25) is 14.6 Å². The summed E-state index contributed by atoms with van der Waals surface area (Å²) in [4.78, 5) is 28.4. The van der Waals surface area contributed by atoms with E-state index in [2.05, 4.69) is 4.98 Å². The molecule has 0 aliphatic carbocycles. The number of carbonyl (C=O) groups excluding carboxylic acids is 2. The molecule has 1 aromatic heterocycles. The molecule has 1 heterocycles. The van der Waals surface area contributed by atoms with Gasteiger partial charge >= 0.3 is 0 Å². The van der Waals surface area contributed by atoms with Crippen LogP contribution in [-0.4, -0.2) is 23.7 Å². The number of ether oxygens (including phenoxy) is 1. The highest BCUT2D eigenvalue weighted by molar-refractivity contribution is 6.37. The number of hydrogen-bond acceptors (Lipinski definition) is 4. The molecule has 132 valence electrons. The van der Waals surface area contributed by atoms with Crippen molar-refractivity contribution in [2.24, 2.45) is 0 Å². The van der Waals surface area contributed by atoms with E-state index >= 15 is 0 Å². The quantitative estimate of drug-likeness (QED) is 0.652. The van der Waals surface area contributed by atoms with Crippen LogP contribution in [0.3, 0.4) is 0 Å². The number of methoxy groups -OCH3 is 1. The Hall–Kier alpha value is -2.49. The number of aromatic nitrogens is 1. The minimum atomic E-state index is -0.306. The van der Waals surface area contributed by atoms with Crippen LogP contribution >= 0.6 is 0 Å². The van der Waals surface area contributed by atoms with E-state index in [9.17, 15) is 9.59 Å². The molecular formula is C21H25NO3. The third-order valence-electron chi connectivity index (χ3n) is 4.18. The van der Waals surface area contributed by atoms with Crippen molar-refractivity contribution in [2.45, 2.75) is 46.0 Å². The maximum atomic E-state index is 12.1. The number of Topliss-reactive ketones (excluding diaryl/α,β-unsaturated/α-hetero) is 2. The molecule has 0 radical (unpaired) electrons. The molecule has 0 fully saturated rings. The van der Waals surface area contributed by atoms with Crippen molar-refractivity contribution in [1.29, 1.82) is 0 Å². The summed E-state index contributed by atoms with van der Waals surface area (Å²) in [5.74, 6) is 0.170. The third kappa shape index (κ3) is 5.82. The van der Waals surface area contributed by atoms with Gasteiger partial charge in [-0.05, 0) is 61.9 Å². The molecule has 0 saturated heterocycles. The average molecular weight is 339 g/mol. The van der Waals surface area contributed by atoms with Gasteiger partial charge in [0.15, 0.2) is 11.6 Å². The Bertz CT molecular complexity index is 735. The molecule has 1 aromatic carbocycles. The second-order valence-electron chi connectivity index (χ2n) is 6.34. The van der Waals surface area contributed by atoms with E-state index in [4.69, 9.17) is 4.74 Å². The van der Waals surface area contributed by atoms with Crippen LogP contribution in [0.2, 0.25) is 0 Å². The van der Waals surface area contributed by atoms with Crippen LogP contribution in [0, 0.1) is 13.8 Å². The molecular weight excluding hydrogens is 314 g/mol. The summed E-state index contributed by atoms with van der Waals surface area (Å²) >= 11 is 0. The van der Waals surface area contributed by atoms with Gasteiger partial charge < -0.3 is 4.74 Å². The number of pyridine rings is 1.